The number of rotatable bonds is 0. The van der Waals surface area contributed by atoms with Crippen LogP contribution in [-0.4, -0.2) is 20.1 Å². The van der Waals surface area contributed by atoms with E-state index >= 15 is 0 Å². The van der Waals surface area contributed by atoms with E-state index in [0.29, 0.717) is 11.0 Å². The Morgan fingerprint density at radius 1 is 1.50 bits per heavy atom. The third kappa shape index (κ3) is 0.868. The van der Waals surface area contributed by atoms with Gasteiger partial charge >= 0.3 is 0 Å². The third-order valence-electron chi connectivity index (χ3n) is 1.62. The van der Waals surface area contributed by atoms with Crippen LogP contribution >= 0.6 is 0 Å². The average molecular weight is 164 g/mol. The van der Waals surface area contributed by atoms with Crippen molar-refractivity contribution < 1.29 is 5.11 Å². The van der Waals surface area contributed by atoms with Gasteiger partial charge in [0.1, 0.15) is 5.65 Å². The van der Waals surface area contributed by atoms with Crippen molar-refractivity contribution in [1.29, 1.82) is 0 Å². The van der Waals surface area contributed by atoms with Crippen molar-refractivity contribution in [2.75, 3.05) is 5.73 Å². The van der Waals surface area contributed by atoms with E-state index in [2.05, 4.69) is 15.0 Å². The van der Waals surface area contributed by atoms with Gasteiger partial charge in [-0.2, -0.15) is 9.97 Å². The third-order valence-corrected chi connectivity index (χ3v) is 1.62. The molecule has 0 aliphatic heterocycles. The molecular weight excluding hydrogens is 156 g/mol. The fourth-order valence-corrected chi connectivity index (χ4v) is 1.14. The van der Waals surface area contributed by atoms with Gasteiger partial charge in [0.05, 0.1) is 5.39 Å². The molecule has 62 valence electrons. The van der Waals surface area contributed by atoms with Crippen molar-refractivity contribution in [2.45, 2.75) is 6.92 Å². The molecular formula is C7H8N4O. The zero-order valence-corrected chi connectivity index (χ0v) is 6.50. The summed E-state index contributed by atoms with van der Waals surface area (Å²) in [5.41, 5.74) is 6.82. The number of aryl methyl sites for hydroxylation is 1. The Hall–Kier alpha value is -1.78. The number of nitrogens with two attached hydrogens (primary N) is 1. The van der Waals surface area contributed by atoms with Gasteiger partial charge in [-0.05, 0) is 13.0 Å². The highest BCUT2D eigenvalue weighted by atomic mass is 16.3. The number of nitrogens with one attached hydrogen (secondary N) is 1. The maximum Gasteiger partial charge on any atom is 0.225 e. The van der Waals surface area contributed by atoms with Gasteiger partial charge in [-0.15, -0.1) is 0 Å². The molecule has 0 aliphatic carbocycles. The molecule has 0 amide bonds. The first-order chi connectivity index (χ1) is 5.66. The minimum Gasteiger partial charge on any atom is -0.493 e. The molecule has 0 bridgehead atoms. The highest BCUT2D eigenvalue weighted by Crippen LogP contribution is 2.21. The molecule has 5 heteroatoms. The first kappa shape index (κ1) is 6.90. The van der Waals surface area contributed by atoms with Gasteiger partial charge in [-0.25, -0.2) is 0 Å². The van der Waals surface area contributed by atoms with E-state index in [1.807, 2.05) is 6.92 Å². The fraction of sp³-hybridized carbons (Fsp3) is 0.143. The van der Waals surface area contributed by atoms with Gasteiger partial charge in [0, 0.05) is 5.69 Å². The van der Waals surface area contributed by atoms with Crippen LogP contribution in [0.25, 0.3) is 11.0 Å². The van der Waals surface area contributed by atoms with Crippen LogP contribution in [0.3, 0.4) is 0 Å². The molecule has 2 heterocycles. The number of fused-ring (bicyclic) bond motifs is 1. The largest absolute Gasteiger partial charge is 0.493 e. The Bertz CT molecular complexity index is 434. The molecule has 0 radical (unpaired) electrons. The van der Waals surface area contributed by atoms with E-state index in [4.69, 9.17) is 5.73 Å². The number of H-pyrrole nitrogens is 1. The smallest absolute Gasteiger partial charge is 0.225 e. The van der Waals surface area contributed by atoms with E-state index < -0.39 is 0 Å². The maximum atomic E-state index is 9.31. The topological polar surface area (TPSA) is 87.8 Å². The summed E-state index contributed by atoms with van der Waals surface area (Å²) in [4.78, 5) is 10.5. The Morgan fingerprint density at radius 2 is 2.25 bits per heavy atom. The first-order valence-electron chi connectivity index (χ1n) is 3.48. The van der Waals surface area contributed by atoms with Crippen molar-refractivity contribution in [2.24, 2.45) is 0 Å². The summed E-state index contributed by atoms with van der Waals surface area (Å²) < 4.78 is 0. The monoisotopic (exact) mass is 164 g/mol. The summed E-state index contributed by atoms with van der Waals surface area (Å²) in [5, 5.41) is 9.91. The van der Waals surface area contributed by atoms with Crippen LogP contribution in [0.2, 0.25) is 0 Å². The van der Waals surface area contributed by atoms with Gasteiger partial charge in [0.15, 0.2) is 0 Å². The lowest BCUT2D eigenvalue weighted by molar-refractivity contribution is 0.460. The van der Waals surface area contributed by atoms with E-state index in [0.717, 1.165) is 5.69 Å². The van der Waals surface area contributed by atoms with Crippen LogP contribution in [0.1, 0.15) is 5.69 Å². The number of nitrogen functional groups attached to an aromatic ring is 1. The van der Waals surface area contributed by atoms with Crippen LogP contribution < -0.4 is 5.73 Å². The lowest BCUT2D eigenvalue weighted by Crippen LogP contribution is -1.94. The molecule has 0 saturated carbocycles. The summed E-state index contributed by atoms with van der Waals surface area (Å²) in [5.74, 6) is -0.0105. The van der Waals surface area contributed by atoms with E-state index in [-0.39, 0.29) is 11.8 Å². The number of aromatic hydroxyl groups is 1. The number of anilines is 1. The molecule has 0 aliphatic rings. The Balaban J connectivity index is 2.88. The quantitative estimate of drug-likeness (QED) is 0.530. The van der Waals surface area contributed by atoms with E-state index in [9.17, 15) is 5.11 Å². The number of nitrogens with zero attached hydrogens (tertiary/aromatic N) is 2. The predicted molar refractivity (Wildman–Crippen MR) is 44.7 cm³/mol. The van der Waals surface area contributed by atoms with Gasteiger partial charge in [0.25, 0.3) is 0 Å². The zero-order chi connectivity index (χ0) is 8.72. The minimum atomic E-state index is -0.0816. The summed E-state index contributed by atoms with van der Waals surface area (Å²) in [7, 11) is 0. The predicted octanol–water partition coefficient (Wildman–Crippen LogP) is 0.554. The lowest BCUT2D eigenvalue weighted by atomic mass is 10.4. The molecule has 0 fully saturated rings. The Labute approximate surface area is 68.3 Å². The highest BCUT2D eigenvalue weighted by molar-refractivity contribution is 5.82. The highest BCUT2D eigenvalue weighted by Gasteiger charge is 2.06. The molecule has 2 aromatic rings. The fourth-order valence-electron chi connectivity index (χ4n) is 1.14. The van der Waals surface area contributed by atoms with Crippen molar-refractivity contribution in [1.82, 2.24) is 15.0 Å². The summed E-state index contributed by atoms with van der Waals surface area (Å²) in [6.07, 6.45) is 0. The van der Waals surface area contributed by atoms with Crippen LogP contribution in [-0.2, 0) is 0 Å². The van der Waals surface area contributed by atoms with Gasteiger partial charge in [-0.3, -0.25) is 0 Å². The second kappa shape index (κ2) is 2.10. The summed E-state index contributed by atoms with van der Waals surface area (Å²) in [6, 6.07) is 1.77. The molecule has 12 heavy (non-hydrogen) atoms. The summed E-state index contributed by atoms with van der Waals surface area (Å²) in [6.45, 7) is 1.87. The summed E-state index contributed by atoms with van der Waals surface area (Å²) >= 11 is 0. The van der Waals surface area contributed by atoms with Crippen LogP contribution in [0.15, 0.2) is 6.07 Å². The van der Waals surface area contributed by atoms with Crippen LogP contribution in [0, 0.1) is 6.92 Å². The van der Waals surface area contributed by atoms with Crippen LogP contribution in [0.4, 0.5) is 5.95 Å². The van der Waals surface area contributed by atoms with Crippen molar-refractivity contribution in [3.63, 3.8) is 0 Å². The number of aromatic amines is 1. The van der Waals surface area contributed by atoms with Crippen molar-refractivity contribution in [3.05, 3.63) is 11.8 Å². The SMILES string of the molecule is Cc1cc2c(O)nc(N)nc2[nH]1. The number of hydrogen-bond donors (Lipinski definition) is 3. The average Bonchev–Trinajstić information content (AvgIpc) is 2.29. The zero-order valence-electron chi connectivity index (χ0n) is 6.50. The van der Waals surface area contributed by atoms with E-state index in [1.165, 1.54) is 0 Å². The maximum absolute atomic E-state index is 9.31. The molecule has 5 nitrogen and oxygen atoms in total. The number of hydrogen-bond acceptors (Lipinski definition) is 4. The van der Waals surface area contributed by atoms with Gasteiger partial charge in [-0.1, -0.05) is 0 Å². The Morgan fingerprint density at radius 3 is 3.00 bits per heavy atom. The van der Waals surface area contributed by atoms with Crippen molar-refractivity contribution >= 4 is 17.0 Å². The first-order valence-corrected chi connectivity index (χ1v) is 3.48. The molecule has 2 rings (SSSR count). The molecule has 0 atom stereocenters. The van der Waals surface area contributed by atoms with Crippen molar-refractivity contribution in [3.8, 4) is 5.88 Å². The molecule has 4 N–H and O–H groups in total. The molecule has 0 aromatic carbocycles. The van der Waals surface area contributed by atoms with Gasteiger partial charge < -0.3 is 15.8 Å². The Kier molecular flexibility index (Phi) is 1.21. The van der Waals surface area contributed by atoms with Gasteiger partial charge in [0.2, 0.25) is 11.8 Å². The molecule has 0 saturated heterocycles. The normalized spacial score (nSPS) is 10.8. The standard InChI is InChI=1S/C7H8N4O/c1-3-2-4-5(9-3)10-7(8)11-6(4)12/h2H,1H3,(H4,8,9,10,11,12). The minimum absolute atomic E-state index is 0.0712. The lowest BCUT2D eigenvalue weighted by Gasteiger charge is -1.94. The number of aromatic nitrogens is 3. The molecule has 0 spiro atoms. The van der Waals surface area contributed by atoms with Crippen LogP contribution in [0.5, 0.6) is 5.88 Å². The second-order valence-electron chi connectivity index (χ2n) is 2.62. The second-order valence-corrected chi connectivity index (χ2v) is 2.62. The van der Waals surface area contributed by atoms with E-state index in [1.54, 1.807) is 6.07 Å². The molecule has 2 aromatic heterocycles. The molecule has 0 unspecified atom stereocenters.